The first-order valence-electron chi connectivity index (χ1n) is 8.95. The summed E-state index contributed by atoms with van der Waals surface area (Å²) in [6.45, 7) is 8.34. The zero-order valence-corrected chi connectivity index (χ0v) is 18.6. The molecule has 1 N–H and O–H groups in total. The lowest BCUT2D eigenvalue weighted by molar-refractivity contribution is 0.0940. The molecule has 7 heteroatoms. The van der Waals surface area contributed by atoms with Gasteiger partial charge in [-0.2, -0.15) is 0 Å². The predicted molar refractivity (Wildman–Crippen MR) is 116 cm³/mol. The van der Waals surface area contributed by atoms with Crippen LogP contribution in [0.2, 0.25) is 5.02 Å². The molecule has 0 fully saturated rings. The minimum absolute atomic E-state index is 0.0601. The number of nitrogens with zero attached hydrogens (tertiary/aromatic N) is 1. The zero-order valence-electron chi connectivity index (χ0n) is 17.1. The average Bonchev–Trinajstić information content (AvgIpc) is 2.60. The van der Waals surface area contributed by atoms with Crippen LogP contribution in [-0.2, 0) is 15.4 Å². The van der Waals surface area contributed by atoms with E-state index < -0.39 is 10.0 Å². The number of rotatable bonds is 5. The Morgan fingerprint density at radius 1 is 1.11 bits per heavy atom. The molecule has 2 rings (SSSR count). The van der Waals surface area contributed by atoms with Gasteiger partial charge < -0.3 is 5.32 Å². The largest absolute Gasteiger partial charge is 0.345 e. The molecule has 0 aliphatic carbocycles. The van der Waals surface area contributed by atoms with E-state index in [9.17, 15) is 13.2 Å². The molecule has 1 unspecified atom stereocenters. The standard InChI is InChI=1S/C21H27ClN2O3S/c1-14(15-7-9-16(10-8-15)21(2,3)4)23-20(25)18-13-17(11-12-19(18)22)24(5)28(6,26)27/h7-14H,1-6H3,(H,23,25). The molecule has 28 heavy (non-hydrogen) atoms. The number of nitrogens with one attached hydrogen (secondary N) is 1. The second kappa shape index (κ2) is 8.13. The highest BCUT2D eigenvalue weighted by molar-refractivity contribution is 7.92. The third-order valence-electron chi connectivity index (χ3n) is 4.68. The summed E-state index contributed by atoms with van der Waals surface area (Å²) in [6.07, 6.45) is 1.10. The van der Waals surface area contributed by atoms with Crippen LogP contribution in [0, 0.1) is 0 Å². The van der Waals surface area contributed by atoms with Crippen molar-refractivity contribution in [2.45, 2.75) is 39.2 Å². The van der Waals surface area contributed by atoms with Gasteiger partial charge in [-0.3, -0.25) is 9.10 Å². The molecule has 0 spiro atoms. The number of benzene rings is 2. The summed E-state index contributed by atoms with van der Waals surface area (Å²) >= 11 is 6.18. The maximum atomic E-state index is 12.7. The van der Waals surface area contributed by atoms with Gasteiger partial charge in [-0.1, -0.05) is 56.6 Å². The quantitative estimate of drug-likeness (QED) is 0.770. The molecule has 0 aromatic heterocycles. The SMILES string of the molecule is CC(NC(=O)c1cc(N(C)S(C)(=O)=O)ccc1Cl)c1ccc(C(C)(C)C)cc1. The lowest BCUT2D eigenvalue weighted by atomic mass is 9.86. The molecule has 1 amide bonds. The van der Waals surface area contributed by atoms with Gasteiger partial charge in [0.1, 0.15) is 0 Å². The van der Waals surface area contributed by atoms with E-state index in [-0.39, 0.29) is 28.0 Å². The monoisotopic (exact) mass is 422 g/mol. The van der Waals surface area contributed by atoms with Crippen LogP contribution >= 0.6 is 11.6 Å². The van der Waals surface area contributed by atoms with Crippen molar-refractivity contribution in [2.24, 2.45) is 0 Å². The Hall–Kier alpha value is -2.05. The van der Waals surface area contributed by atoms with Gasteiger partial charge >= 0.3 is 0 Å². The number of hydrogen-bond donors (Lipinski definition) is 1. The summed E-state index contributed by atoms with van der Waals surface area (Å²) in [6, 6.07) is 12.5. The highest BCUT2D eigenvalue weighted by Crippen LogP contribution is 2.26. The Bertz CT molecular complexity index is 964. The molecule has 0 aliphatic heterocycles. The second-order valence-electron chi connectivity index (χ2n) is 7.96. The number of anilines is 1. The van der Waals surface area contributed by atoms with Crippen molar-refractivity contribution < 1.29 is 13.2 Å². The molecule has 5 nitrogen and oxygen atoms in total. The molecule has 1 atom stereocenters. The van der Waals surface area contributed by atoms with Gasteiger partial charge in [-0.05, 0) is 41.7 Å². The topological polar surface area (TPSA) is 66.5 Å². The third-order valence-corrected chi connectivity index (χ3v) is 6.22. The van der Waals surface area contributed by atoms with Gasteiger partial charge in [-0.15, -0.1) is 0 Å². The van der Waals surface area contributed by atoms with E-state index in [1.807, 2.05) is 19.1 Å². The Kier molecular flexibility index (Phi) is 6.46. The maximum Gasteiger partial charge on any atom is 0.253 e. The third kappa shape index (κ3) is 5.26. The van der Waals surface area contributed by atoms with Crippen molar-refractivity contribution in [3.05, 3.63) is 64.2 Å². The summed E-state index contributed by atoms with van der Waals surface area (Å²) in [5, 5.41) is 3.19. The summed E-state index contributed by atoms with van der Waals surface area (Å²) in [7, 11) is -2.00. The molecule has 0 heterocycles. The van der Waals surface area contributed by atoms with E-state index >= 15 is 0 Å². The fraction of sp³-hybridized carbons (Fsp3) is 0.381. The van der Waals surface area contributed by atoms with Crippen LogP contribution in [-0.4, -0.2) is 27.6 Å². The van der Waals surface area contributed by atoms with Crippen molar-refractivity contribution in [1.82, 2.24) is 5.32 Å². The molecular formula is C21H27ClN2O3S. The Morgan fingerprint density at radius 3 is 2.18 bits per heavy atom. The van der Waals surface area contributed by atoms with Crippen LogP contribution < -0.4 is 9.62 Å². The molecule has 0 radical (unpaired) electrons. The van der Waals surface area contributed by atoms with Crippen molar-refractivity contribution in [3.63, 3.8) is 0 Å². The highest BCUT2D eigenvalue weighted by atomic mass is 35.5. The number of halogens is 1. The van der Waals surface area contributed by atoms with Crippen molar-refractivity contribution >= 4 is 33.2 Å². The number of carbonyl (C=O) groups excluding carboxylic acids is 1. The van der Waals surface area contributed by atoms with E-state index in [4.69, 9.17) is 11.6 Å². The van der Waals surface area contributed by atoms with Gasteiger partial charge in [-0.25, -0.2) is 8.42 Å². The number of hydrogen-bond acceptors (Lipinski definition) is 3. The van der Waals surface area contributed by atoms with E-state index in [0.717, 1.165) is 16.1 Å². The first-order valence-corrected chi connectivity index (χ1v) is 11.2. The smallest absolute Gasteiger partial charge is 0.253 e. The highest BCUT2D eigenvalue weighted by Gasteiger charge is 2.19. The molecule has 2 aromatic carbocycles. The van der Waals surface area contributed by atoms with E-state index in [1.54, 1.807) is 6.07 Å². The van der Waals surface area contributed by atoms with Gasteiger partial charge in [0, 0.05) is 7.05 Å². The van der Waals surface area contributed by atoms with Gasteiger partial charge in [0.2, 0.25) is 10.0 Å². The molecule has 0 aliphatic rings. The fourth-order valence-electron chi connectivity index (χ4n) is 2.70. The first kappa shape index (κ1) is 22.2. The Labute approximate surface area is 172 Å². The maximum absolute atomic E-state index is 12.7. The van der Waals surface area contributed by atoms with Gasteiger partial charge in [0.05, 0.1) is 28.6 Å². The van der Waals surface area contributed by atoms with Crippen molar-refractivity contribution in [1.29, 1.82) is 0 Å². The van der Waals surface area contributed by atoms with Crippen LogP contribution in [0.25, 0.3) is 0 Å². The molecule has 0 saturated carbocycles. The zero-order chi connectivity index (χ0) is 21.3. The Balaban J connectivity index is 2.22. The van der Waals surface area contributed by atoms with Gasteiger partial charge in [0.25, 0.3) is 5.91 Å². The van der Waals surface area contributed by atoms with E-state index in [1.165, 1.54) is 24.7 Å². The molecular weight excluding hydrogens is 396 g/mol. The lowest BCUT2D eigenvalue weighted by Gasteiger charge is -2.21. The minimum Gasteiger partial charge on any atom is -0.345 e. The van der Waals surface area contributed by atoms with Crippen LogP contribution in [0.4, 0.5) is 5.69 Å². The molecule has 0 saturated heterocycles. The molecule has 0 bridgehead atoms. The average molecular weight is 423 g/mol. The van der Waals surface area contributed by atoms with E-state index in [2.05, 4.69) is 38.2 Å². The van der Waals surface area contributed by atoms with Crippen molar-refractivity contribution in [3.8, 4) is 0 Å². The minimum atomic E-state index is -3.43. The first-order chi connectivity index (χ1) is 12.8. The number of carbonyl (C=O) groups is 1. The fourth-order valence-corrected chi connectivity index (χ4v) is 3.40. The van der Waals surface area contributed by atoms with Crippen LogP contribution in [0.5, 0.6) is 0 Å². The summed E-state index contributed by atoms with van der Waals surface area (Å²) in [5.74, 6) is -0.360. The lowest BCUT2D eigenvalue weighted by Crippen LogP contribution is -2.28. The summed E-state index contributed by atoms with van der Waals surface area (Å²) < 4.78 is 24.6. The number of sulfonamides is 1. The van der Waals surface area contributed by atoms with Crippen LogP contribution in [0.15, 0.2) is 42.5 Å². The normalized spacial score (nSPS) is 13.1. The second-order valence-corrected chi connectivity index (χ2v) is 10.4. The summed E-state index contributed by atoms with van der Waals surface area (Å²) in [5.41, 5.74) is 2.85. The summed E-state index contributed by atoms with van der Waals surface area (Å²) in [4.78, 5) is 12.7. The predicted octanol–water partition coefficient (Wildman–Crippen LogP) is 4.52. The molecule has 2 aromatic rings. The van der Waals surface area contributed by atoms with Crippen LogP contribution in [0.3, 0.4) is 0 Å². The van der Waals surface area contributed by atoms with Crippen LogP contribution in [0.1, 0.15) is 55.2 Å². The van der Waals surface area contributed by atoms with E-state index in [0.29, 0.717) is 5.69 Å². The van der Waals surface area contributed by atoms with Crippen molar-refractivity contribution in [2.75, 3.05) is 17.6 Å². The number of amides is 1. The van der Waals surface area contributed by atoms with Gasteiger partial charge in [0.15, 0.2) is 0 Å². The Morgan fingerprint density at radius 2 is 1.68 bits per heavy atom. The molecule has 152 valence electrons.